The van der Waals surface area contributed by atoms with Gasteiger partial charge in [0.2, 0.25) is 15.9 Å². The molecule has 0 heterocycles. The molecule has 1 aliphatic rings. The SMILES string of the molecule is Cc1cc(S(=O)(=O)N(C)C)cc(NC(=O)CC2(C(=O)O)CCCC2)c1C. The van der Waals surface area contributed by atoms with Gasteiger partial charge in [-0.2, -0.15) is 0 Å². The van der Waals surface area contributed by atoms with Crippen LogP contribution in [0.2, 0.25) is 0 Å². The predicted molar refractivity (Wildman–Crippen MR) is 98.6 cm³/mol. The summed E-state index contributed by atoms with van der Waals surface area (Å²) in [7, 11) is -0.747. The quantitative estimate of drug-likeness (QED) is 0.787. The minimum Gasteiger partial charge on any atom is -0.481 e. The Balaban J connectivity index is 2.30. The molecule has 26 heavy (non-hydrogen) atoms. The summed E-state index contributed by atoms with van der Waals surface area (Å²) in [4.78, 5) is 24.2. The Morgan fingerprint density at radius 1 is 1.19 bits per heavy atom. The van der Waals surface area contributed by atoms with E-state index in [4.69, 9.17) is 0 Å². The topological polar surface area (TPSA) is 104 Å². The van der Waals surface area contributed by atoms with Crippen LogP contribution in [-0.4, -0.2) is 43.8 Å². The van der Waals surface area contributed by atoms with Gasteiger partial charge in [0.25, 0.3) is 0 Å². The molecule has 0 radical (unpaired) electrons. The summed E-state index contributed by atoms with van der Waals surface area (Å²) in [6.07, 6.45) is 2.47. The van der Waals surface area contributed by atoms with Crippen LogP contribution in [0.4, 0.5) is 5.69 Å². The van der Waals surface area contributed by atoms with Crippen LogP contribution < -0.4 is 5.32 Å². The lowest BCUT2D eigenvalue weighted by Crippen LogP contribution is -2.33. The molecule has 1 aromatic carbocycles. The van der Waals surface area contributed by atoms with Gasteiger partial charge < -0.3 is 10.4 Å². The van der Waals surface area contributed by atoms with Gasteiger partial charge >= 0.3 is 5.97 Å². The molecular formula is C18H26N2O5S. The van der Waals surface area contributed by atoms with Crippen LogP contribution in [0, 0.1) is 19.3 Å². The molecule has 2 N–H and O–H groups in total. The highest BCUT2D eigenvalue weighted by Gasteiger charge is 2.43. The van der Waals surface area contributed by atoms with Crippen molar-refractivity contribution in [1.29, 1.82) is 0 Å². The molecule has 1 amide bonds. The maximum atomic E-state index is 12.5. The number of aryl methyl sites for hydroxylation is 1. The monoisotopic (exact) mass is 382 g/mol. The van der Waals surface area contributed by atoms with Gasteiger partial charge in [-0.3, -0.25) is 9.59 Å². The van der Waals surface area contributed by atoms with E-state index in [-0.39, 0.29) is 11.3 Å². The molecular weight excluding hydrogens is 356 g/mol. The molecule has 0 unspecified atom stereocenters. The molecule has 1 aliphatic carbocycles. The molecule has 0 atom stereocenters. The summed E-state index contributed by atoms with van der Waals surface area (Å²) in [5.74, 6) is -1.35. The Labute approximate surface area is 154 Å². The van der Waals surface area contributed by atoms with E-state index in [0.29, 0.717) is 18.5 Å². The van der Waals surface area contributed by atoms with Crippen LogP contribution in [0.3, 0.4) is 0 Å². The van der Waals surface area contributed by atoms with Crippen LogP contribution in [0.1, 0.15) is 43.2 Å². The number of benzene rings is 1. The lowest BCUT2D eigenvalue weighted by atomic mass is 9.82. The van der Waals surface area contributed by atoms with Gasteiger partial charge in [0.1, 0.15) is 0 Å². The average molecular weight is 382 g/mol. The van der Waals surface area contributed by atoms with Crippen molar-refractivity contribution in [1.82, 2.24) is 4.31 Å². The average Bonchev–Trinajstić information content (AvgIpc) is 3.01. The van der Waals surface area contributed by atoms with Gasteiger partial charge in [-0.05, 0) is 49.9 Å². The van der Waals surface area contributed by atoms with Crippen LogP contribution >= 0.6 is 0 Å². The third kappa shape index (κ3) is 3.91. The Hall–Kier alpha value is -1.93. The van der Waals surface area contributed by atoms with Crippen LogP contribution in [0.5, 0.6) is 0 Å². The Kier molecular flexibility index (Phi) is 5.77. The number of carboxylic acid groups (broad SMARTS) is 1. The number of aliphatic carboxylic acids is 1. The van der Waals surface area contributed by atoms with Crippen LogP contribution in [0.15, 0.2) is 17.0 Å². The first-order valence-corrected chi connectivity index (χ1v) is 10.0. The maximum absolute atomic E-state index is 12.5. The molecule has 1 fully saturated rings. The number of carboxylic acids is 1. The summed E-state index contributed by atoms with van der Waals surface area (Å²) in [6.45, 7) is 3.56. The van der Waals surface area contributed by atoms with Gasteiger partial charge in [0, 0.05) is 26.2 Å². The third-order valence-corrected chi connectivity index (χ3v) is 7.00. The molecule has 0 aromatic heterocycles. The fourth-order valence-corrected chi connectivity index (χ4v) is 4.35. The van der Waals surface area contributed by atoms with Crippen molar-refractivity contribution >= 4 is 27.6 Å². The minimum atomic E-state index is -3.63. The van der Waals surface area contributed by atoms with Crippen molar-refractivity contribution in [3.05, 3.63) is 23.3 Å². The molecule has 0 spiro atoms. The van der Waals surface area contributed by atoms with Crippen molar-refractivity contribution in [2.24, 2.45) is 5.41 Å². The molecule has 144 valence electrons. The fraction of sp³-hybridized carbons (Fsp3) is 0.556. The number of carbonyl (C=O) groups is 2. The minimum absolute atomic E-state index is 0.0923. The van der Waals surface area contributed by atoms with Gasteiger partial charge in [0.05, 0.1) is 10.3 Å². The first-order valence-electron chi connectivity index (χ1n) is 8.57. The second-order valence-corrected chi connectivity index (χ2v) is 9.37. The first kappa shape index (κ1) is 20.4. The standard InChI is InChI=1S/C18H26N2O5S/c1-12-9-14(26(24,25)20(3)4)10-15(13(12)2)19-16(21)11-18(17(22)23)7-5-6-8-18/h9-10H,5-8,11H2,1-4H3,(H,19,21)(H,22,23). The molecule has 0 aliphatic heterocycles. The first-order chi connectivity index (χ1) is 12.0. The highest BCUT2D eigenvalue weighted by Crippen LogP contribution is 2.41. The highest BCUT2D eigenvalue weighted by molar-refractivity contribution is 7.89. The number of nitrogens with one attached hydrogen (secondary N) is 1. The lowest BCUT2D eigenvalue weighted by Gasteiger charge is -2.23. The van der Waals surface area contributed by atoms with Gasteiger partial charge in [-0.1, -0.05) is 12.8 Å². The fourth-order valence-electron chi connectivity index (χ4n) is 3.34. The molecule has 1 aromatic rings. The van der Waals surface area contributed by atoms with Crippen molar-refractivity contribution in [2.45, 2.75) is 50.8 Å². The summed E-state index contributed by atoms with van der Waals surface area (Å²) in [5.41, 5.74) is 0.873. The van der Waals surface area contributed by atoms with Gasteiger partial charge in [-0.25, -0.2) is 12.7 Å². The molecule has 0 saturated heterocycles. The van der Waals surface area contributed by atoms with E-state index in [1.807, 2.05) is 0 Å². The summed E-state index contributed by atoms with van der Waals surface area (Å²) >= 11 is 0. The zero-order chi connectivity index (χ0) is 19.7. The maximum Gasteiger partial charge on any atom is 0.310 e. The van der Waals surface area contributed by atoms with Gasteiger partial charge in [0.15, 0.2) is 0 Å². The number of rotatable bonds is 6. The second kappa shape index (κ2) is 7.36. The summed E-state index contributed by atoms with van der Waals surface area (Å²) < 4.78 is 25.9. The number of anilines is 1. The predicted octanol–water partition coefficient (Wildman–Crippen LogP) is 2.53. The van der Waals surface area contributed by atoms with Crippen molar-refractivity contribution in [2.75, 3.05) is 19.4 Å². The number of hydrogen-bond donors (Lipinski definition) is 2. The molecule has 7 nitrogen and oxygen atoms in total. The Morgan fingerprint density at radius 2 is 1.77 bits per heavy atom. The summed E-state index contributed by atoms with van der Waals surface area (Å²) in [6, 6.07) is 2.99. The smallest absolute Gasteiger partial charge is 0.310 e. The van der Waals surface area contributed by atoms with Crippen molar-refractivity contribution < 1.29 is 23.1 Å². The number of carbonyl (C=O) groups excluding carboxylic acids is 1. The van der Waals surface area contributed by atoms with Crippen molar-refractivity contribution in [3.8, 4) is 0 Å². The number of sulfonamides is 1. The van der Waals surface area contributed by atoms with E-state index >= 15 is 0 Å². The zero-order valence-corrected chi connectivity index (χ0v) is 16.4. The summed E-state index contributed by atoms with van der Waals surface area (Å²) in [5, 5.41) is 12.2. The third-order valence-electron chi connectivity index (χ3n) is 5.21. The van der Waals surface area contributed by atoms with Crippen LogP contribution in [0.25, 0.3) is 0 Å². The van der Waals surface area contributed by atoms with Crippen LogP contribution in [-0.2, 0) is 19.6 Å². The molecule has 2 rings (SSSR count). The highest BCUT2D eigenvalue weighted by atomic mass is 32.2. The van der Waals surface area contributed by atoms with E-state index in [2.05, 4.69) is 5.32 Å². The van der Waals surface area contributed by atoms with E-state index in [9.17, 15) is 23.1 Å². The van der Waals surface area contributed by atoms with Crippen molar-refractivity contribution in [3.63, 3.8) is 0 Å². The van der Waals surface area contributed by atoms with E-state index in [1.54, 1.807) is 19.9 Å². The molecule has 1 saturated carbocycles. The van der Waals surface area contributed by atoms with E-state index < -0.39 is 27.3 Å². The number of nitrogens with zero attached hydrogens (tertiary/aromatic N) is 1. The molecule has 8 heteroatoms. The largest absolute Gasteiger partial charge is 0.481 e. The molecule has 0 bridgehead atoms. The zero-order valence-electron chi connectivity index (χ0n) is 15.6. The lowest BCUT2D eigenvalue weighted by molar-refractivity contribution is -0.150. The van der Waals surface area contributed by atoms with Gasteiger partial charge in [-0.15, -0.1) is 0 Å². The second-order valence-electron chi connectivity index (χ2n) is 7.22. The normalized spacial score (nSPS) is 16.7. The number of amides is 1. The van der Waals surface area contributed by atoms with E-state index in [0.717, 1.165) is 28.3 Å². The van der Waals surface area contributed by atoms with E-state index in [1.165, 1.54) is 20.2 Å². The Bertz CT molecular complexity index is 824. The Morgan fingerprint density at radius 3 is 2.27 bits per heavy atom. The number of hydrogen-bond acceptors (Lipinski definition) is 4.